The van der Waals surface area contributed by atoms with Gasteiger partial charge in [0.05, 0.1) is 31.6 Å². The van der Waals surface area contributed by atoms with Crippen molar-refractivity contribution in [3.05, 3.63) is 29.7 Å². The number of fused-ring (bicyclic) bond motifs is 1. The average molecular weight is 358 g/mol. The molecule has 1 aliphatic rings. The molecule has 136 valence electrons. The van der Waals surface area contributed by atoms with E-state index in [2.05, 4.69) is 15.1 Å². The minimum Gasteiger partial charge on any atom is -0.497 e. The lowest BCUT2D eigenvalue weighted by molar-refractivity contribution is 0.122. The molecule has 0 saturated carbocycles. The Morgan fingerprint density at radius 1 is 1.19 bits per heavy atom. The summed E-state index contributed by atoms with van der Waals surface area (Å²) in [5.74, 6) is 0.778. The quantitative estimate of drug-likeness (QED) is 0.761. The van der Waals surface area contributed by atoms with Crippen molar-refractivity contribution >= 4 is 17.5 Å². The van der Waals surface area contributed by atoms with Gasteiger partial charge in [0, 0.05) is 19.2 Å². The number of aryl methyl sites for hydroxylation is 1. The minimum atomic E-state index is -0.395. The molecule has 9 heteroatoms. The number of hydrogen-bond acceptors (Lipinski definition) is 7. The van der Waals surface area contributed by atoms with Gasteiger partial charge in [0.1, 0.15) is 11.6 Å². The smallest absolute Gasteiger partial charge is 0.230 e. The number of benzene rings is 1. The fourth-order valence-corrected chi connectivity index (χ4v) is 3.12. The Bertz CT molecular complexity index is 968. The highest BCUT2D eigenvalue weighted by atomic mass is 19.1. The van der Waals surface area contributed by atoms with Crippen LogP contribution >= 0.6 is 0 Å². The number of methoxy groups -OCH3 is 1. The summed E-state index contributed by atoms with van der Waals surface area (Å²) in [5, 5.41) is 4.42. The van der Waals surface area contributed by atoms with Crippen molar-refractivity contribution in [2.45, 2.75) is 6.92 Å². The number of hydrogen-bond donors (Lipinski definition) is 1. The topological polar surface area (TPSA) is 90.8 Å². The number of nitrogens with zero attached hydrogens (tertiary/aromatic N) is 5. The molecular formula is C17H19FN6O2. The van der Waals surface area contributed by atoms with E-state index in [0.29, 0.717) is 60.5 Å². The van der Waals surface area contributed by atoms with Gasteiger partial charge in [-0.05, 0) is 24.6 Å². The molecule has 0 unspecified atom stereocenters. The third-order valence-corrected chi connectivity index (χ3v) is 4.36. The molecule has 1 aromatic carbocycles. The molecule has 2 aromatic heterocycles. The zero-order valence-corrected chi connectivity index (χ0v) is 14.6. The number of rotatable bonds is 3. The first-order chi connectivity index (χ1) is 12.6. The van der Waals surface area contributed by atoms with Gasteiger partial charge in [-0.25, -0.2) is 4.39 Å². The monoisotopic (exact) mass is 358 g/mol. The van der Waals surface area contributed by atoms with E-state index in [1.807, 2.05) is 11.8 Å². The molecule has 0 amide bonds. The van der Waals surface area contributed by atoms with Crippen molar-refractivity contribution in [1.29, 1.82) is 0 Å². The molecule has 0 spiro atoms. The Morgan fingerprint density at radius 2 is 1.96 bits per heavy atom. The van der Waals surface area contributed by atoms with Crippen molar-refractivity contribution in [3.8, 4) is 16.9 Å². The maximum Gasteiger partial charge on any atom is 0.230 e. The first kappa shape index (κ1) is 16.5. The lowest BCUT2D eigenvalue weighted by Crippen LogP contribution is -2.37. The number of nitrogens with two attached hydrogens (primary N) is 1. The van der Waals surface area contributed by atoms with Gasteiger partial charge in [-0.15, -0.1) is 0 Å². The third-order valence-electron chi connectivity index (χ3n) is 4.36. The van der Waals surface area contributed by atoms with Gasteiger partial charge in [-0.2, -0.15) is 19.6 Å². The van der Waals surface area contributed by atoms with Crippen molar-refractivity contribution in [1.82, 2.24) is 19.6 Å². The molecule has 8 nitrogen and oxygen atoms in total. The number of ether oxygens (including phenoxy) is 2. The molecule has 1 aliphatic heterocycles. The van der Waals surface area contributed by atoms with Crippen LogP contribution < -0.4 is 15.4 Å². The van der Waals surface area contributed by atoms with Crippen molar-refractivity contribution in [2.75, 3.05) is 44.0 Å². The highest BCUT2D eigenvalue weighted by Gasteiger charge is 2.21. The molecular weight excluding hydrogens is 339 g/mol. The average Bonchev–Trinajstić information content (AvgIpc) is 2.98. The number of halogens is 1. The second-order valence-electron chi connectivity index (χ2n) is 6.06. The zero-order valence-electron chi connectivity index (χ0n) is 14.6. The Kier molecular flexibility index (Phi) is 4.08. The summed E-state index contributed by atoms with van der Waals surface area (Å²) >= 11 is 0. The summed E-state index contributed by atoms with van der Waals surface area (Å²) in [6, 6.07) is 4.51. The lowest BCUT2D eigenvalue weighted by Gasteiger charge is -2.26. The summed E-state index contributed by atoms with van der Waals surface area (Å²) in [6.07, 6.45) is 0. The van der Waals surface area contributed by atoms with Gasteiger partial charge in [-0.1, -0.05) is 0 Å². The van der Waals surface area contributed by atoms with Crippen LogP contribution in [0.3, 0.4) is 0 Å². The number of nitrogen functional groups attached to an aromatic ring is 1. The molecule has 3 aromatic rings. The van der Waals surface area contributed by atoms with Gasteiger partial charge in [-0.3, -0.25) is 0 Å². The van der Waals surface area contributed by atoms with Crippen molar-refractivity contribution in [2.24, 2.45) is 0 Å². The second kappa shape index (κ2) is 6.41. The van der Waals surface area contributed by atoms with E-state index < -0.39 is 5.82 Å². The first-order valence-electron chi connectivity index (χ1n) is 8.27. The molecule has 1 fully saturated rings. The maximum absolute atomic E-state index is 14.0. The van der Waals surface area contributed by atoms with Crippen LogP contribution in [0, 0.1) is 12.7 Å². The van der Waals surface area contributed by atoms with Gasteiger partial charge in [0.25, 0.3) is 0 Å². The Balaban J connectivity index is 1.90. The molecule has 26 heavy (non-hydrogen) atoms. The highest BCUT2D eigenvalue weighted by molar-refractivity contribution is 5.81. The van der Waals surface area contributed by atoms with Crippen LogP contribution in [0.25, 0.3) is 16.8 Å². The SMILES string of the molecule is COc1cc(F)cc(-c2c(C)nn3c(N)nc(N4CCOCC4)nc23)c1. The molecule has 3 heterocycles. The Morgan fingerprint density at radius 3 is 2.69 bits per heavy atom. The normalized spacial score (nSPS) is 14.8. The van der Waals surface area contributed by atoms with E-state index in [1.165, 1.54) is 23.8 Å². The van der Waals surface area contributed by atoms with E-state index in [4.69, 9.17) is 15.2 Å². The molecule has 1 saturated heterocycles. The van der Waals surface area contributed by atoms with Crippen LogP contribution in [0.2, 0.25) is 0 Å². The standard InChI is InChI=1S/C17H19FN6O2/c1-10-14(11-7-12(18)9-13(8-11)25-2)15-20-17(21-16(19)24(15)22-10)23-3-5-26-6-4-23/h7-9H,3-6H2,1-2H3,(H2,19,20,21). The fraction of sp³-hybridized carbons (Fsp3) is 0.353. The molecule has 2 N–H and O–H groups in total. The van der Waals surface area contributed by atoms with Crippen LogP contribution in [0.5, 0.6) is 5.75 Å². The molecule has 0 bridgehead atoms. The van der Waals surface area contributed by atoms with Gasteiger partial charge >= 0.3 is 0 Å². The van der Waals surface area contributed by atoms with Crippen LogP contribution in [-0.2, 0) is 4.74 Å². The van der Waals surface area contributed by atoms with Gasteiger partial charge in [0.15, 0.2) is 5.65 Å². The predicted molar refractivity (Wildman–Crippen MR) is 94.9 cm³/mol. The molecule has 0 radical (unpaired) electrons. The largest absolute Gasteiger partial charge is 0.497 e. The molecule has 4 rings (SSSR count). The Hall–Kier alpha value is -2.94. The van der Waals surface area contributed by atoms with Crippen LogP contribution in [0.4, 0.5) is 16.3 Å². The van der Waals surface area contributed by atoms with Gasteiger partial charge in [0.2, 0.25) is 11.9 Å². The third kappa shape index (κ3) is 2.80. The summed E-state index contributed by atoms with van der Waals surface area (Å²) < 4.78 is 26.0. The Labute approximate surface area is 149 Å². The van der Waals surface area contributed by atoms with Gasteiger partial charge < -0.3 is 20.1 Å². The minimum absolute atomic E-state index is 0.231. The van der Waals surface area contributed by atoms with Crippen LogP contribution in [0.1, 0.15) is 5.69 Å². The van der Waals surface area contributed by atoms with E-state index in [1.54, 1.807) is 6.07 Å². The van der Waals surface area contributed by atoms with Crippen molar-refractivity contribution < 1.29 is 13.9 Å². The fourth-order valence-electron chi connectivity index (χ4n) is 3.12. The summed E-state index contributed by atoms with van der Waals surface area (Å²) in [5.41, 5.74) is 8.64. The van der Waals surface area contributed by atoms with E-state index >= 15 is 0 Å². The van der Waals surface area contributed by atoms with E-state index in [0.717, 1.165) is 0 Å². The maximum atomic E-state index is 14.0. The number of morpholine rings is 1. The lowest BCUT2D eigenvalue weighted by atomic mass is 10.1. The summed E-state index contributed by atoms with van der Waals surface area (Å²) in [6.45, 7) is 4.42. The first-order valence-corrected chi connectivity index (χ1v) is 8.27. The summed E-state index contributed by atoms with van der Waals surface area (Å²) in [7, 11) is 1.50. The van der Waals surface area contributed by atoms with E-state index in [9.17, 15) is 4.39 Å². The zero-order chi connectivity index (χ0) is 18.3. The van der Waals surface area contributed by atoms with Crippen LogP contribution in [-0.4, -0.2) is 53.0 Å². The van der Waals surface area contributed by atoms with E-state index in [-0.39, 0.29) is 5.95 Å². The highest BCUT2D eigenvalue weighted by Crippen LogP contribution is 2.32. The number of anilines is 2. The molecule has 0 aliphatic carbocycles. The summed E-state index contributed by atoms with van der Waals surface area (Å²) in [4.78, 5) is 11.0. The van der Waals surface area contributed by atoms with Crippen molar-refractivity contribution in [3.63, 3.8) is 0 Å². The van der Waals surface area contributed by atoms with Crippen LogP contribution in [0.15, 0.2) is 18.2 Å². The molecule has 0 atom stereocenters. The number of aromatic nitrogens is 4. The predicted octanol–water partition coefficient (Wildman–Crippen LogP) is 1.67. The second-order valence-corrected chi connectivity index (χ2v) is 6.06.